The number of nitrogens with one attached hydrogen (secondary N) is 1. The highest BCUT2D eigenvalue weighted by molar-refractivity contribution is 7.87. The number of carbonyl (C=O) groups is 2. The molecule has 2 rings (SSSR count). The van der Waals surface area contributed by atoms with E-state index in [0.717, 1.165) is 4.31 Å². The van der Waals surface area contributed by atoms with Crippen LogP contribution in [0, 0.1) is 17.2 Å². The number of nitriles is 1. The summed E-state index contributed by atoms with van der Waals surface area (Å²) in [4.78, 5) is 23.5. The van der Waals surface area contributed by atoms with Crippen molar-refractivity contribution >= 4 is 22.1 Å². The summed E-state index contributed by atoms with van der Waals surface area (Å²) >= 11 is 0. The van der Waals surface area contributed by atoms with Crippen LogP contribution in [0.2, 0.25) is 0 Å². The van der Waals surface area contributed by atoms with E-state index in [1.54, 1.807) is 0 Å². The molecular formula is C15H17N3O5S. The van der Waals surface area contributed by atoms with Gasteiger partial charge in [0.05, 0.1) is 24.7 Å². The maximum Gasteiger partial charge on any atom is 0.308 e. The van der Waals surface area contributed by atoms with E-state index in [0.29, 0.717) is 18.4 Å². The van der Waals surface area contributed by atoms with Crippen molar-refractivity contribution in [1.82, 2.24) is 9.03 Å². The Morgan fingerprint density at radius 1 is 1.25 bits per heavy atom. The first-order valence-electron chi connectivity index (χ1n) is 7.27. The van der Waals surface area contributed by atoms with Gasteiger partial charge in [0, 0.05) is 18.7 Å². The maximum absolute atomic E-state index is 12.3. The van der Waals surface area contributed by atoms with Crippen LogP contribution in [-0.2, 0) is 19.7 Å². The lowest BCUT2D eigenvalue weighted by Crippen LogP contribution is -2.47. The van der Waals surface area contributed by atoms with Gasteiger partial charge in [-0.1, -0.05) is 0 Å². The summed E-state index contributed by atoms with van der Waals surface area (Å²) in [5, 5.41) is 8.72. The zero-order chi connectivity index (χ0) is 17.7. The van der Waals surface area contributed by atoms with Crippen LogP contribution in [-0.4, -0.2) is 44.8 Å². The van der Waals surface area contributed by atoms with Gasteiger partial charge in [-0.05, 0) is 37.1 Å². The average Bonchev–Trinajstić information content (AvgIpc) is 2.60. The van der Waals surface area contributed by atoms with Gasteiger partial charge in [-0.2, -0.15) is 18.0 Å². The molecule has 24 heavy (non-hydrogen) atoms. The Balaban J connectivity index is 1.99. The summed E-state index contributed by atoms with van der Waals surface area (Å²) in [6, 6.07) is 7.55. The Kier molecular flexibility index (Phi) is 5.54. The third-order valence-electron chi connectivity index (χ3n) is 3.83. The van der Waals surface area contributed by atoms with Crippen molar-refractivity contribution in [2.45, 2.75) is 12.8 Å². The molecule has 1 saturated heterocycles. The highest BCUT2D eigenvalue weighted by Crippen LogP contribution is 2.20. The quantitative estimate of drug-likeness (QED) is 0.786. The lowest BCUT2D eigenvalue weighted by atomic mass is 9.99. The fourth-order valence-electron chi connectivity index (χ4n) is 2.44. The molecule has 0 bridgehead atoms. The van der Waals surface area contributed by atoms with Crippen molar-refractivity contribution in [2.75, 3.05) is 20.2 Å². The molecule has 1 aromatic rings. The van der Waals surface area contributed by atoms with Crippen LogP contribution >= 0.6 is 0 Å². The number of esters is 1. The zero-order valence-corrected chi connectivity index (χ0v) is 13.9. The fraction of sp³-hybridized carbons (Fsp3) is 0.400. The van der Waals surface area contributed by atoms with Gasteiger partial charge in [-0.3, -0.25) is 9.59 Å². The SMILES string of the molecule is COC(=O)C1CCN(S(=O)(=O)NC(=O)c2ccc(C#N)cc2)CC1. The van der Waals surface area contributed by atoms with E-state index in [1.807, 2.05) is 10.8 Å². The van der Waals surface area contributed by atoms with Crippen LogP contribution in [0.1, 0.15) is 28.8 Å². The van der Waals surface area contributed by atoms with E-state index in [9.17, 15) is 18.0 Å². The molecule has 128 valence electrons. The number of hydrogen-bond acceptors (Lipinski definition) is 6. The molecule has 1 aliphatic rings. The van der Waals surface area contributed by atoms with Gasteiger partial charge in [0.15, 0.2) is 0 Å². The molecular weight excluding hydrogens is 334 g/mol. The van der Waals surface area contributed by atoms with Gasteiger partial charge in [0.25, 0.3) is 5.91 Å². The molecule has 0 aliphatic carbocycles. The number of rotatable bonds is 4. The molecule has 1 fully saturated rings. The Morgan fingerprint density at radius 3 is 2.33 bits per heavy atom. The van der Waals surface area contributed by atoms with Crippen molar-refractivity contribution in [3.8, 4) is 6.07 Å². The van der Waals surface area contributed by atoms with E-state index in [2.05, 4.69) is 4.74 Å². The molecule has 1 N–H and O–H groups in total. The fourth-order valence-corrected chi connectivity index (χ4v) is 3.61. The lowest BCUT2D eigenvalue weighted by molar-refractivity contribution is -0.146. The smallest absolute Gasteiger partial charge is 0.308 e. The Hall–Kier alpha value is -2.44. The third kappa shape index (κ3) is 4.10. The largest absolute Gasteiger partial charge is 0.469 e. The van der Waals surface area contributed by atoms with E-state index in [-0.39, 0.29) is 30.5 Å². The second kappa shape index (κ2) is 7.42. The molecule has 0 atom stereocenters. The normalized spacial score (nSPS) is 16.2. The molecule has 0 unspecified atom stereocenters. The summed E-state index contributed by atoms with van der Waals surface area (Å²) in [6.45, 7) is 0.269. The minimum Gasteiger partial charge on any atom is -0.469 e. The molecule has 0 spiro atoms. The second-order valence-electron chi connectivity index (χ2n) is 5.32. The maximum atomic E-state index is 12.3. The number of ether oxygens (including phenoxy) is 1. The number of nitrogens with zero attached hydrogens (tertiary/aromatic N) is 2. The molecule has 0 aromatic heterocycles. The van der Waals surface area contributed by atoms with Crippen LogP contribution in [0.5, 0.6) is 0 Å². The minimum atomic E-state index is -3.99. The van der Waals surface area contributed by atoms with E-state index < -0.39 is 16.1 Å². The van der Waals surface area contributed by atoms with Gasteiger partial charge in [-0.15, -0.1) is 0 Å². The molecule has 1 amide bonds. The van der Waals surface area contributed by atoms with Gasteiger partial charge in [0.2, 0.25) is 0 Å². The van der Waals surface area contributed by atoms with Crippen molar-refractivity contribution in [1.29, 1.82) is 5.26 Å². The van der Waals surface area contributed by atoms with Gasteiger partial charge < -0.3 is 4.74 Å². The van der Waals surface area contributed by atoms with E-state index in [1.165, 1.54) is 31.4 Å². The molecule has 0 saturated carbocycles. The standard InChI is InChI=1S/C15H17N3O5S/c1-23-15(20)13-6-8-18(9-7-13)24(21,22)17-14(19)12-4-2-11(10-16)3-5-12/h2-5,13H,6-9H2,1H3,(H,17,19). The zero-order valence-electron chi connectivity index (χ0n) is 13.1. The van der Waals surface area contributed by atoms with Crippen molar-refractivity contribution in [2.24, 2.45) is 5.92 Å². The lowest BCUT2D eigenvalue weighted by Gasteiger charge is -2.29. The van der Waals surface area contributed by atoms with Gasteiger partial charge in [-0.25, -0.2) is 4.72 Å². The Labute approximate surface area is 140 Å². The summed E-state index contributed by atoms with van der Waals surface area (Å²) < 4.78 is 32.3. The highest BCUT2D eigenvalue weighted by Gasteiger charge is 2.32. The predicted octanol–water partition coefficient (Wildman–Crippen LogP) is 0.418. The van der Waals surface area contributed by atoms with Crippen LogP contribution in [0.4, 0.5) is 0 Å². The number of methoxy groups -OCH3 is 1. The summed E-state index contributed by atoms with van der Waals surface area (Å²) in [5.74, 6) is -1.45. The Morgan fingerprint density at radius 2 is 1.83 bits per heavy atom. The molecule has 1 aromatic carbocycles. The number of piperidine rings is 1. The number of benzene rings is 1. The summed E-state index contributed by atoms with van der Waals surface area (Å²) in [5.41, 5.74) is 0.515. The topological polar surface area (TPSA) is 117 Å². The van der Waals surface area contributed by atoms with Crippen molar-refractivity contribution < 1.29 is 22.7 Å². The molecule has 8 nitrogen and oxygen atoms in total. The average molecular weight is 351 g/mol. The second-order valence-corrected chi connectivity index (χ2v) is 6.99. The predicted molar refractivity (Wildman–Crippen MR) is 83.9 cm³/mol. The first kappa shape index (κ1) is 17.9. The molecule has 1 aliphatic heterocycles. The monoisotopic (exact) mass is 351 g/mol. The number of amides is 1. The number of carbonyl (C=O) groups excluding carboxylic acids is 2. The Bertz CT molecular complexity index is 759. The number of hydrogen-bond donors (Lipinski definition) is 1. The van der Waals surface area contributed by atoms with Crippen molar-refractivity contribution in [3.63, 3.8) is 0 Å². The van der Waals surface area contributed by atoms with Gasteiger partial charge >= 0.3 is 16.2 Å². The van der Waals surface area contributed by atoms with Crippen LogP contribution < -0.4 is 4.72 Å². The first-order chi connectivity index (χ1) is 11.4. The van der Waals surface area contributed by atoms with E-state index >= 15 is 0 Å². The highest BCUT2D eigenvalue weighted by atomic mass is 32.2. The van der Waals surface area contributed by atoms with Crippen LogP contribution in [0.3, 0.4) is 0 Å². The van der Waals surface area contributed by atoms with Gasteiger partial charge in [0.1, 0.15) is 0 Å². The summed E-state index contributed by atoms with van der Waals surface area (Å²) in [6.07, 6.45) is 0.692. The van der Waals surface area contributed by atoms with E-state index in [4.69, 9.17) is 5.26 Å². The van der Waals surface area contributed by atoms with Crippen molar-refractivity contribution in [3.05, 3.63) is 35.4 Å². The third-order valence-corrected chi connectivity index (χ3v) is 5.31. The summed E-state index contributed by atoms with van der Waals surface area (Å²) in [7, 11) is -2.69. The molecule has 1 heterocycles. The van der Waals surface area contributed by atoms with Crippen LogP contribution in [0.25, 0.3) is 0 Å². The minimum absolute atomic E-state index is 0.135. The van der Waals surface area contributed by atoms with Crippen LogP contribution in [0.15, 0.2) is 24.3 Å². The first-order valence-corrected chi connectivity index (χ1v) is 8.71. The molecule has 0 radical (unpaired) electrons. The molecule has 9 heteroatoms.